The number of carbonyl (C=O) groups excluding carboxylic acids is 1. The monoisotopic (exact) mass is 250 g/mol. The number of ketones is 1. The van der Waals surface area contributed by atoms with Gasteiger partial charge in [-0.2, -0.15) is 0 Å². The van der Waals surface area contributed by atoms with Crippen molar-refractivity contribution in [3.8, 4) is 0 Å². The topological polar surface area (TPSA) is 35.5 Å². The number of hydrogen-bond acceptors (Lipinski definition) is 3. The van der Waals surface area contributed by atoms with Crippen molar-refractivity contribution in [2.24, 2.45) is 0 Å². The summed E-state index contributed by atoms with van der Waals surface area (Å²) in [5.74, 6) is 0.182. The van der Waals surface area contributed by atoms with Gasteiger partial charge in [0.15, 0.2) is 5.78 Å². The van der Waals surface area contributed by atoms with Crippen LogP contribution >= 0.6 is 0 Å². The summed E-state index contributed by atoms with van der Waals surface area (Å²) < 4.78 is 10.7. The van der Waals surface area contributed by atoms with Crippen LogP contribution in [-0.4, -0.2) is 32.2 Å². The largest absolute Gasteiger partial charge is 0.379 e. The highest BCUT2D eigenvalue weighted by Gasteiger charge is 2.03. The Morgan fingerprint density at radius 1 is 1.00 bits per heavy atom. The lowest BCUT2D eigenvalue weighted by Gasteiger charge is -2.04. The lowest BCUT2D eigenvalue weighted by atomic mass is 10.1. The smallest absolute Gasteiger partial charge is 0.162 e. The number of rotatable bonds is 10. The highest BCUT2D eigenvalue weighted by molar-refractivity contribution is 5.95. The Morgan fingerprint density at radius 3 is 2.33 bits per heavy atom. The fourth-order valence-electron chi connectivity index (χ4n) is 1.57. The zero-order valence-electron chi connectivity index (χ0n) is 11.1. The van der Waals surface area contributed by atoms with E-state index in [9.17, 15) is 4.79 Å². The van der Waals surface area contributed by atoms with Gasteiger partial charge in [0.05, 0.1) is 13.2 Å². The molecule has 3 heteroatoms. The van der Waals surface area contributed by atoms with Gasteiger partial charge >= 0.3 is 0 Å². The van der Waals surface area contributed by atoms with Crippen LogP contribution in [-0.2, 0) is 9.47 Å². The van der Waals surface area contributed by atoms with Gasteiger partial charge in [-0.15, -0.1) is 0 Å². The van der Waals surface area contributed by atoms with Crippen LogP contribution in [0.5, 0.6) is 0 Å². The van der Waals surface area contributed by atoms with E-state index in [0.29, 0.717) is 26.2 Å². The van der Waals surface area contributed by atoms with Gasteiger partial charge < -0.3 is 9.47 Å². The van der Waals surface area contributed by atoms with E-state index in [1.54, 1.807) is 0 Å². The highest BCUT2D eigenvalue weighted by Crippen LogP contribution is 2.04. The van der Waals surface area contributed by atoms with Crippen molar-refractivity contribution in [2.75, 3.05) is 26.4 Å². The van der Waals surface area contributed by atoms with E-state index in [1.807, 2.05) is 30.3 Å². The van der Waals surface area contributed by atoms with Gasteiger partial charge in [0, 0.05) is 25.2 Å². The van der Waals surface area contributed by atoms with Crippen molar-refractivity contribution < 1.29 is 14.3 Å². The molecule has 100 valence electrons. The lowest BCUT2D eigenvalue weighted by molar-refractivity contribution is 0.0463. The molecule has 0 heterocycles. The average Bonchev–Trinajstić information content (AvgIpc) is 2.42. The summed E-state index contributed by atoms with van der Waals surface area (Å²) >= 11 is 0. The van der Waals surface area contributed by atoms with E-state index >= 15 is 0 Å². The highest BCUT2D eigenvalue weighted by atomic mass is 16.5. The molecule has 0 saturated heterocycles. The third kappa shape index (κ3) is 6.52. The minimum Gasteiger partial charge on any atom is -0.379 e. The zero-order chi connectivity index (χ0) is 13.1. The summed E-state index contributed by atoms with van der Waals surface area (Å²) in [5, 5.41) is 0. The van der Waals surface area contributed by atoms with Crippen molar-refractivity contribution in [1.82, 2.24) is 0 Å². The van der Waals surface area contributed by atoms with E-state index in [0.717, 1.165) is 25.0 Å². The molecule has 0 saturated carbocycles. The first kappa shape index (κ1) is 14.9. The third-order valence-corrected chi connectivity index (χ3v) is 2.51. The Bertz CT molecular complexity index is 322. The zero-order valence-corrected chi connectivity index (χ0v) is 11.1. The normalized spacial score (nSPS) is 10.5. The van der Waals surface area contributed by atoms with E-state index in [4.69, 9.17) is 9.47 Å². The van der Waals surface area contributed by atoms with Crippen molar-refractivity contribution in [2.45, 2.75) is 26.2 Å². The fourth-order valence-corrected chi connectivity index (χ4v) is 1.57. The molecule has 1 rings (SSSR count). The molecule has 0 atom stereocenters. The predicted molar refractivity (Wildman–Crippen MR) is 71.9 cm³/mol. The Labute approximate surface area is 109 Å². The Morgan fingerprint density at radius 2 is 1.67 bits per heavy atom. The number of ether oxygens (including phenoxy) is 2. The quantitative estimate of drug-likeness (QED) is 0.473. The van der Waals surface area contributed by atoms with Crippen molar-refractivity contribution >= 4 is 5.78 Å². The molecule has 0 aliphatic heterocycles. The van der Waals surface area contributed by atoms with Crippen LogP contribution in [0.1, 0.15) is 36.5 Å². The molecule has 18 heavy (non-hydrogen) atoms. The summed E-state index contributed by atoms with van der Waals surface area (Å²) in [6, 6.07) is 9.38. The summed E-state index contributed by atoms with van der Waals surface area (Å²) in [4.78, 5) is 11.7. The molecule has 0 amide bonds. The lowest BCUT2D eigenvalue weighted by Crippen LogP contribution is -2.07. The van der Waals surface area contributed by atoms with Crippen LogP contribution in [0.2, 0.25) is 0 Å². The first-order valence-corrected chi connectivity index (χ1v) is 6.58. The van der Waals surface area contributed by atoms with Crippen LogP contribution in [0.3, 0.4) is 0 Å². The number of Topliss-reactive ketones (excluding diaryl/α,β-unsaturated/α-hetero) is 1. The van der Waals surface area contributed by atoms with Gasteiger partial charge in [-0.25, -0.2) is 0 Å². The summed E-state index contributed by atoms with van der Waals surface area (Å²) in [6.45, 7) is 4.74. The molecular weight excluding hydrogens is 228 g/mol. The standard InChI is InChI=1S/C15H22O3/c1-2-10-17-12-13-18-11-6-9-15(16)14-7-4-3-5-8-14/h3-5,7-8H,2,6,9-13H2,1H3. The second-order valence-corrected chi connectivity index (χ2v) is 4.12. The average molecular weight is 250 g/mol. The molecule has 0 radical (unpaired) electrons. The maximum Gasteiger partial charge on any atom is 0.162 e. The van der Waals surface area contributed by atoms with E-state index in [2.05, 4.69) is 6.92 Å². The third-order valence-electron chi connectivity index (χ3n) is 2.51. The van der Waals surface area contributed by atoms with Crippen molar-refractivity contribution in [3.05, 3.63) is 35.9 Å². The van der Waals surface area contributed by atoms with Crippen molar-refractivity contribution in [1.29, 1.82) is 0 Å². The summed E-state index contributed by atoms with van der Waals surface area (Å²) in [5.41, 5.74) is 0.781. The minimum atomic E-state index is 0.182. The second-order valence-electron chi connectivity index (χ2n) is 4.12. The Balaban J connectivity index is 2.00. The molecule has 1 aromatic rings. The molecule has 0 aromatic heterocycles. The van der Waals surface area contributed by atoms with Crippen LogP contribution in [0.4, 0.5) is 0 Å². The van der Waals surface area contributed by atoms with Crippen LogP contribution in [0.15, 0.2) is 30.3 Å². The minimum absolute atomic E-state index is 0.182. The van der Waals surface area contributed by atoms with Gasteiger partial charge in [0.1, 0.15) is 0 Å². The molecule has 3 nitrogen and oxygen atoms in total. The van der Waals surface area contributed by atoms with Gasteiger partial charge in [-0.3, -0.25) is 4.79 Å². The van der Waals surface area contributed by atoms with Gasteiger partial charge in [-0.1, -0.05) is 37.3 Å². The number of carbonyl (C=O) groups is 1. The molecule has 0 aliphatic rings. The molecule has 0 spiro atoms. The fraction of sp³-hybridized carbons (Fsp3) is 0.533. The van der Waals surface area contributed by atoms with Gasteiger partial charge in [-0.05, 0) is 12.8 Å². The first-order chi connectivity index (χ1) is 8.84. The summed E-state index contributed by atoms with van der Waals surface area (Å²) in [7, 11) is 0. The van der Waals surface area contributed by atoms with Crippen LogP contribution in [0.25, 0.3) is 0 Å². The molecule has 0 N–H and O–H groups in total. The molecular formula is C15H22O3. The van der Waals surface area contributed by atoms with Crippen LogP contribution < -0.4 is 0 Å². The second kappa shape index (κ2) is 9.80. The van der Waals surface area contributed by atoms with E-state index in [-0.39, 0.29) is 5.78 Å². The van der Waals surface area contributed by atoms with Crippen LogP contribution in [0, 0.1) is 0 Å². The molecule has 0 unspecified atom stereocenters. The van der Waals surface area contributed by atoms with E-state index < -0.39 is 0 Å². The number of benzene rings is 1. The van der Waals surface area contributed by atoms with Gasteiger partial charge in [0.25, 0.3) is 0 Å². The molecule has 0 bridgehead atoms. The van der Waals surface area contributed by atoms with E-state index in [1.165, 1.54) is 0 Å². The Hall–Kier alpha value is -1.19. The SMILES string of the molecule is CCCOCCOCCCC(=O)c1ccccc1. The molecule has 1 aromatic carbocycles. The molecule has 0 aliphatic carbocycles. The Kier molecular flexibility index (Phi) is 8.10. The summed E-state index contributed by atoms with van der Waals surface area (Å²) in [6.07, 6.45) is 2.34. The first-order valence-electron chi connectivity index (χ1n) is 6.58. The number of hydrogen-bond donors (Lipinski definition) is 0. The molecule has 0 fully saturated rings. The maximum atomic E-state index is 11.7. The maximum absolute atomic E-state index is 11.7. The predicted octanol–water partition coefficient (Wildman–Crippen LogP) is 3.09. The van der Waals surface area contributed by atoms with Crippen molar-refractivity contribution in [3.63, 3.8) is 0 Å². The van der Waals surface area contributed by atoms with Gasteiger partial charge in [0.2, 0.25) is 0 Å².